The first kappa shape index (κ1) is 16.0. The largest absolute Gasteiger partial charge is 0.421 e. The number of benzene rings is 2. The summed E-state index contributed by atoms with van der Waals surface area (Å²) < 4.78 is 6.16. The smallest absolute Gasteiger partial charge is 0.360 e. The Hall–Kier alpha value is -2.84. The Bertz CT molecular complexity index is 1000. The molecule has 2 aromatic carbocycles. The van der Waals surface area contributed by atoms with Crippen LogP contribution in [0.2, 0.25) is 0 Å². The number of amides is 1. The van der Waals surface area contributed by atoms with E-state index in [1.165, 1.54) is 4.90 Å². The van der Waals surface area contributed by atoms with Gasteiger partial charge in [0.05, 0.1) is 6.54 Å². The van der Waals surface area contributed by atoms with Crippen LogP contribution >= 0.6 is 15.9 Å². The van der Waals surface area contributed by atoms with Crippen LogP contribution in [-0.4, -0.2) is 12.5 Å². The average molecular weight is 382 g/mol. The monoisotopic (exact) mass is 381 g/mol. The van der Waals surface area contributed by atoms with Crippen LogP contribution in [0.3, 0.4) is 0 Å². The van der Waals surface area contributed by atoms with E-state index in [1.807, 2.05) is 12.1 Å². The summed E-state index contributed by atoms with van der Waals surface area (Å²) in [5, 5.41) is 0.696. The predicted octanol–water partition coefficient (Wildman–Crippen LogP) is 3.84. The first-order chi connectivity index (χ1) is 11.6. The van der Waals surface area contributed by atoms with Crippen LogP contribution < -0.4 is 10.5 Å². The summed E-state index contributed by atoms with van der Waals surface area (Å²) in [6.45, 7) is -0.0298. The van der Waals surface area contributed by atoms with E-state index in [0.717, 1.165) is 4.47 Å². The minimum atomic E-state index is -0.607. The van der Waals surface area contributed by atoms with E-state index in [2.05, 4.69) is 21.9 Å². The van der Waals surface area contributed by atoms with Crippen LogP contribution in [0.4, 0.5) is 5.69 Å². The van der Waals surface area contributed by atoms with Gasteiger partial charge in [-0.05, 0) is 36.4 Å². The molecule has 3 rings (SSSR count). The van der Waals surface area contributed by atoms with Gasteiger partial charge in [-0.3, -0.25) is 9.69 Å². The number of rotatable bonds is 3. The Morgan fingerprint density at radius 3 is 2.62 bits per heavy atom. The second-order valence-corrected chi connectivity index (χ2v) is 5.98. The Morgan fingerprint density at radius 2 is 1.92 bits per heavy atom. The number of nitrogens with zero attached hydrogens (tertiary/aromatic N) is 1. The third-order valence-corrected chi connectivity index (χ3v) is 3.98. The number of carbonyl (C=O) groups excluding carboxylic acids is 1. The van der Waals surface area contributed by atoms with E-state index in [1.54, 1.807) is 42.5 Å². The number of halogens is 1. The zero-order valence-corrected chi connectivity index (χ0v) is 14.1. The zero-order valence-electron chi connectivity index (χ0n) is 12.5. The van der Waals surface area contributed by atoms with Crippen molar-refractivity contribution in [3.05, 3.63) is 75.1 Å². The fraction of sp³-hybridized carbons (Fsp3) is 0.0526. The van der Waals surface area contributed by atoms with E-state index in [9.17, 15) is 9.59 Å². The molecule has 0 radical (unpaired) electrons. The summed E-state index contributed by atoms with van der Waals surface area (Å²) in [5.74, 6) is 2.07. The van der Waals surface area contributed by atoms with Gasteiger partial charge in [-0.2, -0.15) is 0 Å². The Kier molecular flexibility index (Phi) is 4.50. The van der Waals surface area contributed by atoms with Crippen molar-refractivity contribution < 1.29 is 9.21 Å². The van der Waals surface area contributed by atoms with E-state index in [-0.39, 0.29) is 18.1 Å². The third kappa shape index (κ3) is 3.10. The number of terminal acetylenes is 1. The van der Waals surface area contributed by atoms with Crippen LogP contribution in [-0.2, 0) is 0 Å². The number of carbonyl (C=O) groups is 1. The fourth-order valence-corrected chi connectivity index (χ4v) is 2.74. The predicted molar refractivity (Wildman–Crippen MR) is 97.1 cm³/mol. The van der Waals surface area contributed by atoms with Crippen LogP contribution in [0, 0.1) is 12.3 Å². The summed E-state index contributed by atoms with van der Waals surface area (Å²) in [4.78, 5) is 26.3. The zero-order chi connectivity index (χ0) is 17.1. The molecule has 0 spiro atoms. The van der Waals surface area contributed by atoms with Gasteiger partial charge in [0, 0.05) is 15.4 Å². The topological polar surface area (TPSA) is 50.5 Å². The molecule has 5 heteroatoms. The first-order valence-electron chi connectivity index (χ1n) is 7.14. The van der Waals surface area contributed by atoms with Crippen LogP contribution in [0.1, 0.15) is 10.4 Å². The lowest BCUT2D eigenvalue weighted by atomic mass is 10.1. The molecule has 0 unspecified atom stereocenters. The highest BCUT2D eigenvalue weighted by atomic mass is 79.9. The van der Waals surface area contributed by atoms with Gasteiger partial charge in [0.2, 0.25) is 0 Å². The Morgan fingerprint density at radius 1 is 1.17 bits per heavy atom. The van der Waals surface area contributed by atoms with E-state index in [4.69, 9.17) is 10.8 Å². The van der Waals surface area contributed by atoms with Crippen LogP contribution in [0.15, 0.2) is 68.3 Å². The van der Waals surface area contributed by atoms with E-state index in [0.29, 0.717) is 16.5 Å². The summed E-state index contributed by atoms with van der Waals surface area (Å²) in [6, 6.07) is 15.5. The molecule has 0 aliphatic carbocycles. The highest BCUT2D eigenvalue weighted by Gasteiger charge is 2.21. The molecular weight excluding hydrogens is 370 g/mol. The highest BCUT2D eigenvalue weighted by molar-refractivity contribution is 9.10. The molecule has 3 aromatic rings. The fourth-order valence-electron chi connectivity index (χ4n) is 2.37. The first-order valence-corrected chi connectivity index (χ1v) is 7.93. The van der Waals surface area contributed by atoms with E-state index < -0.39 is 5.63 Å². The lowest BCUT2D eigenvalue weighted by Crippen LogP contribution is -2.34. The molecular formula is C19H12BrNO3. The number of fused-ring (bicyclic) bond motifs is 1. The Labute approximate surface area is 146 Å². The van der Waals surface area contributed by atoms with Crippen LogP contribution in [0.5, 0.6) is 0 Å². The molecule has 0 atom stereocenters. The maximum Gasteiger partial charge on any atom is 0.360 e. The van der Waals surface area contributed by atoms with E-state index >= 15 is 0 Å². The summed E-state index contributed by atoms with van der Waals surface area (Å²) in [7, 11) is 0. The van der Waals surface area contributed by atoms with Crippen molar-refractivity contribution in [2.45, 2.75) is 0 Å². The second-order valence-electron chi connectivity index (χ2n) is 5.06. The van der Waals surface area contributed by atoms with Gasteiger partial charge in [0.1, 0.15) is 11.3 Å². The molecule has 0 bridgehead atoms. The van der Waals surface area contributed by atoms with Gasteiger partial charge in [0.25, 0.3) is 5.91 Å². The molecule has 0 aliphatic heterocycles. The maximum absolute atomic E-state index is 12.7. The molecule has 0 saturated heterocycles. The molecule has 0 saturated carbocycles. The molecule has 1 aromatic heterocycles. The SMILES string of the molecule is C#CCN(C(=O)c1ccccc1)c1cc2cc(Br)ccc2oc1=O. The lowest BCUT2D eigenvalue weighted by molar-refractivity contribution is 0.0989. The number of anilines is 1. The normalized spacial score (nSPS) is 10.3. The van der Waals surface area contributed by atoms with Crippen molar-refractivity contribution in [3.63, 3.8) is 0 Å². The summed E-state index contributed by atoms with van der Waals surface area (Å²) in [6.07, 6.45) is 5.39. The van der Waals surface area contributed by atoms with Gasteiger partial charge < -0.3 is 4.42 Å². The van der Waals surface area contributed by atoms with Crippen molar-refractivity contribution in [3.8, 4) is 12.3 Å². The van der Waals surface area contributed by atoms with Crippen molar-refractivity contribution in [1.29, 1.82) is 0 Å². The molecule has 0 fully saturated rings. The van der Waals surface area contributed by atoms with Gasteiger partial charge in [-0.25, -0.2) is 4.79 Å². The standard InChI is InChI=1S/C19H12BrNO3/c1-2-10-21(18(22)13-6-4-3-5-7-13)16-12-14-11-15(20)8-9-17(14)24-19(16)23/h1,3-9,11-12H,10H2. The number of hydrogen-bond acceptors (Lipinski definition) is 3. The summed E-state index contributed by atoms with van der Waals surface area (Å²) >= 11 is 3.38. The quantitative estimate of drug-likeness (QED) is 0.511. The van der Waals surface area contributed by atoms with Gasteiger partial charge in [-0.1, -0.05) is 40.0 Å². The third-order valence-electron chi connectivity index (χ3n) is 3.48. The minimum absolute atomic E-state index is 0.0298. The molecule has 0 N–H and O–H groups in total. The average Bonchev–Trinajstić information content (AvgIpc) is 2.60. The maximum atomic E-state index is 12.7. The molecule has 118 valence electrons. The van der Waals surface area contributed by atoms with Crippen molar-refractivity contribution >= 4 is 38.5 Å². The molecule has 1 amide bonds. The number of hydrogen-bond donors (Lipinski definition) is 0. The summed E-state index contributed by atoms with van der Waals surface area (Å²) in [5.41, 5.74) is 0.401. The molecule has 24 heavy (non-hydrogen) atoms. The van der Waals surface area contributed by atoms with Gasteiger partial charge >= 0.3 is 5.63 Å². The van der Waals surface area contributed by atoms with Crippen molar-refractivity contribution in [1.82, 2.24) is 0 Å². The second kappa shape index (κ2) is 6.73. The van der Waals surface area contributed by atoms with Gasteiger partial charge in [-0.15, -0.1) is 6.42 Å². The van der Waals surface area contributed by atoms with Crippen molar-refractivity contribution in [2.75, 3.05) is 11.4 Å². The Balaban J connectivity index is 2.13. The highest BCUT2D eigenvalue weighted by Crippen LogP contribution is 2.23. The molecule has 0 aliphatic rings. The lowest BCUT2D eigenvalue weighted by Gasteiger charge is -2.19. The van der Waals surface area contributed by atoms with Gasteiger partial charge in [0.15, 0.2) is 0 Å². The molecule has 1 heterocycles. The van der Waals surface area contributed by atoms with Crippen LogP contribution in [0.25, 0.3) is 11.0 Å². The molecule has 4 nitrogen and oxygen atoms in total. The van der Waals surface area contributed by atoms with Crippen molar-refractivity contribution in [2.24, 2.45) is 0 Å². The minimum Gasteiger partial charge on any atom is -0.421 e.